The van der Waals surface area contributed by atoms with Crippen molar-refractivity contribution in [1.82, 2.24) is 19.7 Å². The molecular weight excluding hydrogens is 266 g/mol. The van der Waals surface area contributed by atoms with Crippen molar-refractivity contribution in [3.63, 3.8) is 0 Å². The number of nitrogens with zero attached hydrogens (tertiary/aromatic N) is 5. The van der Waals surface area contributed by atoms with Crippen LogP contribution in [0.4, 0.5) is 0 Å². The predicted octanol–water partition coefficient (Wildman–Crippen LogP) is 2.21. The van der Waals surface area contributed by atoms with Crippen molar-refractivity contribution in [1.29, 1.82) is 5.26 Å². The molecule has 6 nitrogen and oxygen atoms in total. The van der Waals surface area contributed by atoms with Gasteiger partial charge in [0.2, 0.25) is 5.88 Å². The molecule has 3 aromatic heterocycles. The first-order chi connectivity index (χ1) is 10.3. The SMILES string of the molecule is COc1ccc(-n2nccc2-c2ccc(C#N)cn2)cn1. The van der Waals surface area contributed by atoms with Gasteiger partial charge < -0.3 is 4.74 Å². The van der Waals surface area contributed by atoms with Gasteiger partial charge in [0.15, 0.2) is 0 Å². The normalized spacial score (nSPS) is 10.1. The van der Waals surface area contributed by atoms with E-state index < -0.39 is 0 Å². The smallest absolute Gasteiger partial charge is 0.213 e. The average Bonchev–Trinajstić information content (AvgIpc) is 3.04. The van der Waals surface area contributed by atoms with E-state index in [9.17, 15) is 0 Å². The fraction of sp³-hybridized carbons (Fsp3) is 0.0667. The summed E-state index contributed by atoms with van der Waals surface area (Å²) in [6.07, 6.45) is 4.91. The van der Waals surface area contributed by atoms with Gasteiger partial charge in [0, 0.05) is 12.3 Å². The van der Waals surface area contributed by atoms with Gasteiger partial charge in [-0.2, -0.15) is 10.4 Å². The molecule has 0 aliphatic carbocycles. The van der Waals surface area contributed by atoms with Crippen LogP contribution in [0.25, 0.3) is 17.1 Å². The summed E-state index contributed by atoms with van der Waals surface area (Å²) in [5.41, 5.74) is 2.90. The maximum Gasteiger partial charge on any atom is 0.213 e. The van der Waals surface area contributed by atoms with E-state index in [1.807, 2.05) is 18.2 Å². The van der Waals surface area contributed by atoms with Crippen LogP contribution in [0.1, 0.15) is 5.56 Å². The summed E-state index contributed by atoms with van der Waals surface area (Å²) in [7, 11) is 1.57. The first-order valence-electron chi connectivity index (χ1n) is 6.23. The largest absolute Gasteiger partial charge is 0.481 e. The van der Waals surface area contributed by atoms with Crippen LogP contribution < -0.4 is 4.74 Å². The number of rotatable bonds is 3. The quantitative estimate of drug-likeness (QED) is 0.733. The minimum Gasteiger partial charge on any atom is -0.481 e. The minimum absolute atomic E-state index is 0.524. The van der Waals surface area contributed by atoms with Crippen LogP contribution in [0.3, 0.4) is 0 Å². The fourth-order valence-electron chi connectivity index (χ4n) is 1.93. The first kappa shape index (κ1) is 12.8. The Hall–Kier alpha value is -3.20. The van der Waals surface area contributed by atoms with Crippen LogP contribution in [0.2, 0.25) is 0 Å². The molecule has 21 heavy (non-hydrogen) atoms. The van der Waals surface area contributed by atoms with Gasteiger partial charge in [-0.3, -0.25) is 4.98 Å². The Morgan fingerprint density at radius 2 is 2.00 bits per heavy atom. The molecule has 0 bridgehead atoms. The van der Waals surface area contributed by atoms with E-state index in [-0.39, 0.29) is 0 Å². The predicted molar refractivity (Wildman–Crippen MR) is 75.9 cm³/mol. The van der Waals surface area contributed by atoms with Gasteiger partial charge in [-0.25, -0.2) is 9.67 Å². The molecular formula is C15H11N5O. The lowest BCUT2D eigenvalue weighted by molar-refractivity contribution is 0.397. The van der Waals surface area contributed by atoms with Crippen LogP contribution in [-0.4, -0.2) is 26.9 Å². The monoisotopic (exact) mass is 277 g/mol. The molecule has 0 aliphatic rings. The molecule has 0 radical (unpaired) electrons. The summed E-state index contributed by atoms with van der Waals surface area (Å²) in [6.45, 7) is 0. The topological polar surface area (TPSA) is 76.6 Å². The highest BCUT2D eigenvalue weighted by molar-refractivity contribution is 5.58. The van der Waals surface area contributed by atoms with Gasteiger partial charge in [-0.05, 0) is 24.3 Å². The van der Waals surface area contributed by atoms with E-state index in [1.54, 1.807) is 48.6 Å². The third-order valence-electron chi connectivity index (χ3n) is 2.97. The van der Waals surface area contributed by atoms with E-state index >= 15 is 0 Å². The highest BCUT2D eigenvalue weighted by Crippen LogP contribution is 2.21. The van der Waals surface area contributed by atoms with Crippen molar-refractivity contribution in [2.75, 3.05) is 7.11 Å². The lowest BCUT2D eigenvalue weighted by Crippen LogP contribution is -2.01. The lowest BCUT2D eigenvalue weighted by Gasteiger charge is -2.07. The second-order valence-electron chi connectivity index (χ2n) is 4.23. The molecule has 3 aromatic rings. The number of ether oxygens (including phenoxy) is 1. The van der Waals surface area contributed by atoms with Crippen molar-refractivity contribution < 1.29 is 4.74 Å². The van der Waals surface area contributed by atoms with Crippen molar-refractivity contribution in [2.24, 2.45) is 0 Å². The summed E-state index contributed by atoms with van der Waals surface area (Å²) in [5, 5.41) is 13.1. The Morgan fingerprint density at radius 1 is 1.10 bits per heavy atom. The molecule has 0 saturated carbocycles. The second-order valence-corrected chi connectivity index (χ2v) is 4.23. The van der Waals surface area contributed by atoms with Crippen molar-refractivity contribution in [2.45, 2.75) is 0 Å². The Labute approximate surface area is 121 Å². The summed E-state index contributed by atoms with van der Waals surface area (Å²) in [5.74, 6) is 0.545. The maximum atomic E-state index is 8.81. The van der Waals surface area contributed by atoms with E-state index in [0.29, 0.717) is 11.4 Å². The number of hydrogen-bond donors (Lipinski definition) is 0. The number of hydrogen-bond acceptors (Lipinski definition) is 5. The molecule has 6 heteroatoms. The van der Waals surface area contributed by atoms with Crippen LogP contribution in [0, 0.1) is 11.3 Å². The molecule has 0 saturated heterocycles. The third-order valence-corrected chi connectivity index (χ3v) is 2.97. The van der Waals surface area contributed by atoms with Crippen molar-refractivity contribution in [3.8, 4) is 29.0 Å². The van der Waals surface area contributed by atoms with Gasteiger partial charge in [0.25, 0.3) is 0 Å². The zero-order chi connectivity index (χ0) is 14.7. The lowest BCUT2D eigenvalue weighted by atomic mass is 10.2. The van der Waals surface area contributed by atoms with Crippen LogP contribution in [-0.2, 0) is 0 Å². The van der Waals surface area contributed by atoms with E-state index in [1.165, 1.54) is 0 Å². The highest BCUT2D eigenvalue weighted by atomic mass is 16.5. The third kappa shape index (κ3) is 2.44. The van der Waals surface area contributed by atoms with Gasteiger partial charge in [0.1, 0.15) is 6.07 Å². The number of pyridine rings is 2. The van der Waals surface area contributed by atoms with Crippen LogP contribution in [0.5, 0.6) is 5.88 Å². The van der Waals surface area contributed by atoms with Crippen LogP contribution >= 0.6 is 0 Å². The zero-order valence-electron chi connectivity index (χ0n) is 11.3. The summed E-state index contributed by atoms with van der Waals surface area (Å²) in [6, 6.07) is 11.1. The summed E-state index contributed by atoms with van der Waals surface area (Å²) < 4.78 is 6.78. The fourth-order valence-corrected chi connectivity index (χ4v) is 1.93. The minimum atomic E-state index is 0.524. The Morgan fingerprint density at radius 3 is 2.62 bits per heavy atom. The molecule has 0 fully saturated rings. The molecule has 3 heterocycles. The Kier molecular flexibility index (Phi) is 3.31. The van der Waals surface area contributed by atoms with Gasteiger partial charge in [0.05, 0.1) is 42.1 Å². The van der Waals surface area contributed by atoms with E-state index in [0.717, 1.165) is 17.1 Å². The Bertz CT molecular complexity index is 784. The summed E-state index contributed by atoms with van der Waals surface area (Å²) >= 11 is 0. The molecule has 0 N–H and O–H groups in total. The standard InChI is InChI=1S/C15H11N5O/c1-21-15-5-3-12(10-18-15)20-14(6-7-19-20)13-4-2-11(8-16)9-17-13/h2-7,9-10H,1H3. The highest BCUT2D eigenvalue weighted by Gasteiger charge is 2.09. The number of nitriles is 1. The second kappa shape index (κ2) is 5.43. The molecule has 102 valence electrons. The molecule has 0 aliphatic heterocycles. The van der Waals surface area contributed by atoms with Crippen molar-refractivity contribution in [3.05, 3.63) is 54.5 Å². The van der Waals surface area contributed by atoms with Gasteiger partial charge in [-0.1, -0.05) is 0 Å². The molecule has 3 rings (SSSR count). The van der Waals surface area contributed by atoms with Crippen molar-refractivity contribution >= 4 is 0 Å². The molecule has 0 unspecified atom stereocenters. The van der Waals surface area contributed by atoms with E-state index in [2.05, 4.69) is 15.1 Å². The van der Waals surface area contributed by atoms with Crippen LogP contribution in [0.15, 0.2) is 48.9 Å². The average molecular weight is 277 g/mol. The first-order valence-corrected chi connectivity index (χ1v) is 6.23. The van der Waals surface area contributed by atoms with Gasteiger partial charge >= 0.3 is 0 Å². The molecule has 0 atom stereocenters. The molecule has 0 amide bonds. The zero-order valence-corrected chi connectivity index (χ0v) is 11.3. The van der Waals surface area contributed by atoms with Gasteiger partial charge in [-0.15, -0.1) is 0 Å². The maximum absolute atomic E-state index is 8.81. The summed E-state index contributed by atoms with van der Waals surface area (Å²) in [4.78, 5) is 8.45. The van der Waals surface area contributed by atoms with E-state index in [4.69, 9.17) is 10.00 Å². The Balaban J connectivity index is 2.01. The number of aromatic nitrogens is 4. The number of methoxy groups -OCH3 is 1. The molecule has 0 aromatic carbocycles. The molecule has 0 spiro atoms.